The van der Waals surface area contributed by atoms with Gasteiger partial charge in [-0.3, -0.25) is 24.5 Å². The molecule has 1 heterocycles. The zero-order valence-corrected chi connectivity index (χ0v) is 11.8. The first-order chi connectivity index (χ1) is 8.97. The van der Waals surface area contributed by atoms with Gasteiger partial charge in [0.05, 0.1) is 11.1 Å². The molecule has 1 aromatic rings. The van der Waals surface area contributed by atoms with Crippen molar-refractivity contribution in [3.63, 3.8) is 0 Å². The summed E-state index contributed by atoms with van der Waals surface area (Å²) in [5, 5.41) is 11.5. The van der Waals surface area contributed by atoms with Gasteiger partial charge in [0.1, 0.15) is 0 Å². The second-order valence-corrected chi connectivity index (χ2v) is 5.56. The average Bonchev–Trinajstić information content (AvgIpc) is 2.81. The third-order valence-corrected chi connectivity index (χ3v) is 4.83. The largest absolute Gasteiger partial charge is 0.350 e. The summed E-state index contributed by atoms with van der Waals surface area (Å²) < 4.78 is 1.24. The molecule has 0 amide bonds. The van der Waals surface area contributed by atoms with Crippen LogP contribution in [-0.4, -0.2) is 19.8 Å². The van der Waals surface area contributed by atoms with Crippen LogP contribution < -0.4 is 11.2 Å². The summed E-state index contributed by atoms with van der Waals surface area (Å²) in [5.41, 5.74) is -2.20. The quantitative estimate of drug-likeness (QED) is 0.512. The summed E-state index contributed by atoms with van der Waals surface area (Å²) >= 11 is 3.46. The average molecular weight is 332 g/mol. The van der Waals surface area contributed by atoms with Crippen LogP contribution in [0, 0.1) is 15.5 Å². The fourth-order valence-electron chi connectivity index (χ4n) is 2.57. The van der Waals surface area contributed by atoms with E-state index in [2.05, 4.69) is 15.9 Å². The lowest BCUT2D eigenvalue weighted by Crippen LogP contribution is -2.36. The van der Waals surface area contributed by atoms with E-state index in [0.29, 0.717) is 6.54 Å². The number of hydrogen-bond acceptors (Lipinski definition) is 4. The molecule has 1 aliphatic rings. The molecule has 1 aliphatic carbocycles. The van der Waals surface area contributed by atoms with Gasteiger partial charge >= 0.3 is 16.9 Å². The zero-order valence-electron chi connectivity index (χ0n) is 10.2. The van der Waals surface area contributed by atoms with Crippen molar-refractivity contribution in [2.45, 2.75) is 32.2 Å². The van der Waals surface area contributed by atoms with Crippen LogP contribution >= 0.6 is 15.9 Å². The number of halogens is 1. The van der Waals surface area contributed by atoms with E-state index < -0.39 is 21.9 Å². The Morgan fingerprint density at radius 2 is 2.05 bits per heavy atom. The number of H-pyrrole nitrogens is 1. The molecular weight excluding hydrogens is 318 g/mol. The van der Waals surface area contributed by atoms with Crippen molar-refractivity contribution in [3.8, 4) is 0 Å². The Balaban J connectivity index is 2.40. The van der Waals surface area contributed by atoms with E-state index in [0.717, 1.165) is 37.2 Å². The van der Waals surface area contributed by atoms with Crippen LogP contribution in [0.2, 0.25) is 0 Å². The van der Waals surface area contributed by atoms with Crippen LogP contribution in [0.3, 0.4) is 0 Å². The van der Waals surface area contributed by atoms with E-state index >= 15 is 0 Å². The molecule has 0 spiro atoms. The first kappa shape index (κ1) is 14.0. The van der Waals surface area contributed by atoms with Crippen molar-refractivity contribution in [2.24, 2.45) is 5.41 Å². The molecule has 0 bridgehead atoms. The standard InChI is InChI=1S/C11H14BrN3O4/c12-6-11(3-1-2-4-11)7-14-5-8(15(18)19)9(16)13-10(14)17/h5H,1-4,6-7H2,(H,13,16,17). The topological polar surface area (TPSA) is 98.0 Å². The molecule has 0 unspecified atom stereocenters. The van der Waals surface area contributed by atoms with Gasteiger partial charge in [-0.25, -0.2) is 4.79 Å². The maximum absolute atomic E-state index is 11.7. The van der Waals surface area contributed by atoms with Crippen LogP contribution in [-0.2, 0) is 6.54 Å². The molecule has 0 aromatic carbocycles. The van der Waals surface area contributed by atoms with Crippen molar-refractivity contribution in [3.05, 3.63) is 37.1 Å². The van der Waals surface area contributed by atoms with Crippen LogP contribution in [0.1, 0.15) is 25.7 Å². The first-order valence-corrected chi connectivity index (χ1v) is 7.14. The maximum Gasteiger partial charge on any atom is 0.350 e. The van der Waals surface area contributed by atoms with Crippen molar-refractivity contribution in [1.29, 1.82) is 0 Å². The van der Waals surface area contributed by atoms with Crippen LogP contribution in [0.4, 0.5) is 5.69 Å². The lowest BCUT2D eigenvalue weighted by atomic mass is 9.89. The fourth-order valence-corrected chi connectivity index (χ4v) is 3.30. The molecular formula is C11H14BrN3O4. The highest BCUT2D eigenvalue weighted by Gasteiger charge is 2.34. The summed E-state index contributed by atoms with van der Waals surface area (Å²) in [4.78, 5) is 35.0. The molecule has 0 atom stereocenters. The summed E-state index contributed by atoms with van der Waals surface area (Å²) in [5.74, 6) is 0. The molecule has 1 aromatic heterocycles. The number of aromatic amines is 1. The smallest absolute Gasteiger partial charge is 0.293 e. The minimum absolute atomic E-state index is 0.0596. The lowest BCUT2D eigenvalue weighted by molar-refractivity contribution is -0.386. The molecule has 2 rings (SSSR count). The molecule has 0 aliphatic heterocycles. The van der Waals surface area contributed by atoms with Crippen LogP contribution in [0.25, 0.3) is 0 Å². The van der Waals surface area contributed by atoms with Gasteiger partial charge in [-0.05, 0) is 18.3 Å². The first-order valence-electron chi connectivity index (χ1n) is 6.02. The number of nitro groups is 1. The van der Waals surface area contributed by atoms with E-state index in [-0.39, 0.29) is 5.41 Å². The second kappa shape index (κ2) is 5.28. The number of hydrogen-bond donors (Lipinski definition) is 1. The summed E-state index contributed by atoms with van der Waals surface area (Å²) in [7, 11) is 0. The molecule has 19 heavy (non-hydrogen) atoms. The van der Waals surface area contributed by atoms with E-state index in [1.165, 1.54) is 4.57 Å². The van der Waals surface area contributed by atoms with Gasteiger partial charge in [0.25, 0.3) is 0 Å². The Labute approximate surface area is 116 Å². The zero-order chi connectivity index (χ0) is 14.0. The van der Waals surface area contributed by atoms with Crippen LogP contribution in [0.5, 0.6) is 0 Å². The monoisotopic (exact) mass is 331 g/mol. The van der Waals surface area contributed by atoms with Crippen molar-refractivity contribution < 1.29 is 4.92 Å². The molecule has 8 heteroatoms. The summed E-state index contributed by atoms with van der Waals surface area (Å²) in [6.07, 6.45) is 5.16. The third kappa shape index (κ3) is 2.78. The SMILES string of the molecule is O=c1[nH]c(=O)n(CC2(CBr)CCCC2)cc1[N+](=O)[O-]. The van der Waals surface area contributed by atoms with Gasteiger partial charge in [0, 0.05) is 11.9 Å². The number of aromatic nitrogens is 2. The Morgan fingerprint density at radius 1 is 1.42 bits per heavy atom. The molecule has 104 valence electrons. The Hall–Kier alpha value is -1.44. The summed E-state index contributed by atoms with van der Waals surface area (Å²) in [6, 6.07) is 0. The normalized spacial score (nSPS) is 17.5. The Bertz CT molecular complexity index is 601. The number of nitrogens with zero attached hydrogens (tertiary/aromatic N) is 2. The maximum atomic E-state index is 11.7. The molecule has 0 radical (unpaired) electrons. The predicted octanol–water partition coefficient (Wildman–Crippen LogP) is 1.40. The van der Waals surface area contributed by atoms with E-state index in [1.807, 2.05) is 4.98 Å². The van der Waals surface area contributed by atoms with E-state index in [4.69, 9.17) is 0 Å². The van der Waals surface area contributed by atoms with Gasteiger partial charge in [-0.1, -0.05) is 28.8 Å². The predicted molar refractivity (Wildman–Crippen MR) is 72.7 cm³/mol. The van der Waals surface area contributed by atoms with Crippen molar-refractivity contribution in [2.75, 3.05) is 5.33 Å². The van der Waals surface area contributed by atoms with Gasteiger partial charge in [0.2, 0.25) is 0 Å². The molecule has 7 nitrogen and oxygen atoms in total. The molecule has 1 N–H and O–H groups in total. The number of alkyl halides is 1. The van der Waals surface area contributed by atoms with E-state index in [9.17, 15) is 19.7 Å². The van der Waals surface area contributed by atoms with Gasteiger partial charge in [-0.15, -0.1) is 0 Å². The Kier molecular flexibility index (Phi) is 3.88. The number of nitrogens with one attached hydrogen (secondary N) is 1. The molecule has 0 saturated heterocycles. The minimum Gasteiger partial charge on any atom is -0.293 e. The van der Waals surface area contributed by atoms with Crippen molar-refractivity contribution in [1.82, 2.24) is 9.55 Å². The van der Waals surface area contributed by atoms with Crippen LogP contribution in [0.15, 0.2) is 15.8 Å². The van der Waals surface area contributed by atoms with Gasteiger partial charge < -0.3 is 0 Å². The third-order valence-electron chi connectivity index (χ3n) is 3.64. The van der Waals surface area contributed by atoms with Gasteiger partial charge in [0.15, 0.2) is 0 Å². The second-order valence-electron chi connectivity index (χ2n) is 5.00. The summed E-state index contributed by atoms with van der Waals surface area (Å²) in [6.45, 7) is 0.384. The van der Waals surface area contributed by atoms with E-state index in [1.54, 1.807) is 0 Å². The lowest BCUT2D eigenvalue weighted by Gasteiger charge is -2.26. The highest BCUT2D eigenvalue weighted by molar-refractivity contribution is 9.09. The highest BCUT2D eigenvalue weighted by atomic mass is 79.9. The molecule has 1 saturated carbocycles. The van der Waals surface area contributed by atoms with Gasteiger partial charge in [-0.2, -0.15) is 0 Å². The minimum atomic E-state index is -0.953. The molecule has 1 fully saturated rings. The Morgan fingerprint density at radius 3 is 2.58 bits per heavy atom. The van der Waals surface area contributed by atoms with Crippen molar-refractivity contribution >= 4 is 21.6 Å². The number of rotatable bonds is 4. The highest BCUT2D eigenvalue weighted by Crippen LogP contribution is 2.40. The fraction of sp³-hybridized carbons (Fsp3) is 0.636.